The zero-order valence-corrected chi connectivity index (χ0v) is 16.7. The number of hydroxylamine groups is 2. The number of nitro benzene ring substituents is 1. The van der Waals surface area contributed by atoms with Gasteiger partial charge in [-0.2, -0.15) is 5.06 Å². The fourth-order valence-electron chi connectivity index (χ4n) is 2.05. The first kappa shape index (κ1) is 22.4. The second kappa shape index (κ2) is 8.34. The number of nitrogens with zero attached hydrogens (tertiary/aromatic N) is 2. The Kier molecular flexibility index (Phi) is 6.91. The monoisotopic (exact) mass is 382 g/mol. The van der Waals surface area contributed by atoms with Crippen molar-refractivity contribution in [3.05, 3.63) is 39.4 Å². The van der Waals surface area contributed by atoms with Crippen LogP contribution < -0.4 is 0 Å². The summed E-state index contributed by atoms with van der Waals surface area (Å²) in [6.45, 7) is 10.3. The summed E-state index contributed by atoms with van der Waals surface area (Å²) >= 11 is 0. The Labute approximate surface area is 158 Å². The van der Waals surface area contributed by atoms with E-state index >= 15 is 0 Å². The Morgan fingerprint density at radius 2 is 1.70 bits per heavy atom. The van der Waals surface area contributed by atoms with Crippen molar-refractivity contribution in [1.29, 1.82) is 0 Å². The molecule has 1 aromatic rings. The van der Waals surface area contributed by atoms with Crippen molar-refractivity contribution in [3.8, 4) is 0 Å². The Balaban J connectivity index is 3.20. The van der Waals surface area contributed by atoms with E-state index < -0.39 is 33.9 Å². The van der Waals surface area contributed by atoms with E-state index in [0.29, 0.717) is 5.56 Å². The van der Waals surface area contributed by atoms with Gasteiger partial charge in [-0.3, -0.25) is 15.0 Å². The van der Waals surface area contributed by atoms with Gasteiger partial charge in [-0.15, -0.1) is 0 Å². The van der Waals surface area contributed by atoms with Gasteiger partial charge in [-0.25, -0.2) is 9.59 Å². The van der Waals surface area contributed by atoms with E-state index in [1.807, 2.05) is 0 Å². The maximum absolute atomic E-state index is 12.5. The van der Waals surface area contributed by atoms with Crippen LogP contribution in [0.2, 0.25) is 0 Å². The van der Waals surface area contributed by atoms with E-state index in [-0.39, 0.29) is 12.1 Å². The normalized spacial score (nSPS) is 11.7. The molecule has 0 fully saturated rings. The molecule has 9 heteroatoms. The number of nitro groups is 1. The topological polar surface area (TPSA) is 108 Å². The number of carbonyl (C=O) groups is 2. The standard InChI is InChI=1S/C18H26N2O7/c1-17(2,3)26-16(22)19(27-18(4,5)6)11-12-8-9-13(15(21)25-7)14(10-12)20(23)24/h8-10H,11H2,1-7H3. The van der Waals surface area contributed by atoms with Gasteiger partial charge in [-0.1, -0.05) is 6.07 Å². The van der Waals surface area contributed by atoms with Crippen molar-refractivity contribution in [3.63, 3.8) is 0 Å². The zero-order chi connectivity index (χ0) is 21.0. The number of hydrogen-bond donors (Lipinski definition) is 0. The second-order valence-electron chi connectivity index (χ2n) is 7.82. The van der Waals surface area contributed by atoms with E-state index in [9.17, 15) is 19.7 Å². The maximum atomic E-state index is 12.5. The molecule has 0 aliphatic heterocycles. The van der Waals surface area contributed by atoms with Crippen LogP contribution in [-0.4, -0.2) is 40.4 Å². The van der Waals surface area contributed by atoms with Crippen molar-refractivity contribution in [2.24, 2.45) is 0 Å². The van der Waals surface area contributed by atoms with Crippen LogP contribution in [0.4, 0.5) is 10.5 Å². The highest BCUT2D eigenvalue weighted by Crippen LogP contribution is 2.24. The molecule has 150 valence electrons. The van der Waals surface area contributed by atoms with Gasteiger partial charge >= 0.3 is 12.1 Å². The zero-order valence-electron chi connectivity index (χ0n) is 16.7. The molecular weight excluding hydrogens is 356 g/mol. The molecule has 0 atom stereocenters. The minimum absolute atomic E-state index is 0.103. The van der Waals surface area contributed by atoms with Crippen molar-refractivity contribution in [2.45, 2.75) is 59.3 Å². The molecule has 0 aliphatic carbocycles. The van der Waals surface area contributed by atoms with Crippen molar-refractivity contribution in [2.75, 3.05) is 7.11 Å². The Bertz CT molecular complexity index is 717. The summed E-state index contributed by atoms with van der Waals surface area (Å²) in [6, 6.07) is 3.97. The largest absolute Gasteiger partial charge is 0.465 e. The molecule has 1 rings (SSSR count). The van der Waals surface area contributed by atoms with E-state index in [2.05, 4.69) is 4.74 Å². The highest BCUT2D eigenvalue weighted by Gasteiger charge is 2.28. The van der Waals surface area contributed by atoms with Crippen LogP contribution in [0.15, 0.2) is 18.2 Å². The molecule has 0 saturated carbocycles. The number of hydrogen-bond acceptors (Lipinski definition) is 7. The van der Waals surface area contributed by atoms with Crippen molar-refractivity contribution in [1.82, 2.24) is 5.06 Å². The number of rotatable bonds is 5. The molecule has 0 aromatic heterocycles. The summed E-state index contributed by atoms with van der Waals surface area (Å²) in [5, 5.41) is 12.3. The molecule has 1 aromatic carbocycles. The third-order valence-corrected chi connectivity index (χ3v) is 2.97. The van der Waals surface area contributed by atoms with Crippen LogP contribution in [0.3, 0.4) is 0 Å². The summed E-state index contributed by atoms with van der Waals surface area (Å²) in [4.78, 5) is 40.4. The van der Waals surface area contributed by atoms with E-state index in [1.54, 1.807) is 41.5 Å². The Morgan fingerprint density at radius 1 is 1.11 bits per heavy atom. The van der Waals surface area contributed by atoms with Gasteiger partial charge in [0.05, 0.1) is 24.2 Å². The molecule has 0 spiro atoms. The predicted octanol–water partition coefficient (Wildman–Crippen LogP) is 3.85. The smallest absolute Gasteiger partial charge is 0.434 e. The van der Waals surface area contributed by atoms with Crippen LogP contribution in [-0.2, 0) is 20.9 Å². The van der Waals surface area contributed by atoms with Gasteiger partial charge in [0.1, 0.15) is 11.2 Å². The third-order valence-electron chi connectivity index (χ3n) is 2.97. The number of benzene rings is 1. The van der Waals surface area contributed by atoms with Gasteiger partial charge < -0.3 is 9.47 Å². The van der Waals surface area contributed by atoms with Crippen LogP contribution in [0.25, 0.3) is 0 Å². The third kappa shape index (κ3) is 7.22. The second-order valence-corrected chi connectivity index (χ2v) is 7.82. The van der Waals surface area contributed by atoms with Gasteiger partial charge in [0.15, 0.2) is 0 Å². The molecule has 1 amide bonds. The molecule has 27 heavy (non-hydrogen) atoms. The molecule has 9 nitrogen and oxygen atoms in total. The number of carbonyl (C=O) groups excluding carboxylic acids is 2. The minimum atomic E-state index is -0.816. The lowest BCUT2D eigenvalue weighted by molar-refractivity contribution is -0.385. The van der Waals surface area contributed by atoms with Gasteiger partial charge in [-0.05, 0) is 53.2 Å². The van der Waals surface area contributed by atoms with Gasteiger partial charge in [0.25, 0.3) is 5.69 Å². The first-order valence-corrected chi connectivity index (χ1v) is 8.29. The average Bonchev–Trinajstić information content (AvgIpc) is 2.50. The minimum Gasteiger partial charge on any atom is -0.465 e. The molecule has 0 N–H and O–H groups in total. The first-order chi connectivity index (χ1) is 12.2. The lowest BCUT2D eigenvalue weighted by Crippen LogP contribution is -2.41. The Morgan fingerprint density at radius 3 is 2.15 bits per heavy atom. The SMILES string of the molecule is COC(=O)c1ccc(CN(OC(C)(C)C)C(=O)OC(C)(C)C)cc1[N+](=O)[O-]. The lowest BCUT2D eigenvalue weighted by atomic mass is 10.1. The van der Waals surface area contributed by atoms with E-state index in [0.717, 1.165) is 12.2 Å². The summed E-state index contributed by atoms with van der Waals surface area (Å²) in [5.41, 5.74) is -1.64. The molecule has 0 heterocycles. The van der Waals surface area contributed by atoms with Crippen LogP contribution in [0.1, 0.15) is 57.5 Å². The van der Waals surface area contributed by atoms with Gasteiger partial charge in [0, 0.05) is 6.07 Å². The number of ether oxygens (including phenoxy) is 2. The summed E-state index contributed by atoms with van der Waals surface area (Å²) < 4.78 is 9.88. The molecule has 0 unspecified atom stereocenters. The number of esters is 1. The predicted molar refractivity (Wildman–Crippen MR) is 97.1 cm³/mol. The van der Waals surface area contributed by atoms with E-state index in [1.165, 1.54) is 18.2 Å². The van der Waals surface area contributed by atoms with Gasteiger partial charge in [0.2, 0.25) is 0 Å². The molecule has 0 radical (unpaired) electrons. The highest BCUT2D eigenvalue weighted by atomic mass is 16.7. The number of methoxy groups -OCH3 is 1. The molecule has 0 aliphatic rings. The summed E-state index contributed by atoms with van der Waals surface area (Å²) in [7, 11) is 1.14. The van der Waals surface area contributed by atoms with Crippen LogP contribution in [0, 0.1) is 10.1 Å². The molecule has 0 bridgehead atoms. The summed E-state index contributed by atoms with van der Waals surface area (Å²) in [5.74, 6) is -0.816. The van der Waals surface area contributed by atoms with Crippen molar-refractivity contribution < 1.29 is 28.8 Å². The number of amides is 1. The van der Waals surface area contributed by atoms with Crippen LogP contribution in [0.5, 0.6) is 0 Å². The van der Waals surface area contributed by atoms with E-state index in [4.69, 9.17) is 9.57 Å². The Hall–Kier alpha value is -2.68. The maximum Gasteiger partial charge on any atom is 0.434 e. The fourth-order valence-corrected chi connectivity index (χ4v) is 2.05. The lowest BCUT2D eigenvalue weighted by Gasteiger charge is -2.31. The summed E-state index contributed by atoms with van der Waals surface area (Å²) in [6.07, 6.45) is -0.725. The average molecular weight is 382 g/mol. The first-order valence-electron chi connectivity index (χ1n) is 8.29. The quantitative estimate of drug-likeness (QED) is 0.432. The van der Waals surface area contributed by atoms with Crippen molar-refractivity contribution >= 4 is 17.7 Å². The molecular formula is C18H26N2O7. The van der Waals surface area contributed by atoms with Crippen LogP contribution >= 0.6 is 0 Å². The highest BCUT2D eigenvalue weighted by molar-refractivity contribution is 5.93. The fraction of sp³-hybridized carbons (Fsp3) is 0.556. The molecule has 0 saturated heterocycles.